The molecule has 0 radical (unpaired) electrons. The molecule has 0 saturated heterocycles. The summed E-state index contributed by atoms with van der Waals surface area (Å²) in [5.74, 6) is -2.74. The fourth-order valence-corrected chi connectivity index (χ4v) is 1.95. The summed E-state index contributed by atoms with van der Waals surface area (Å²) >= 11 is 8.59. The lowest BCUT2D eigenvalue weighted by Gasteiger charge is -2.09. The van der Waals surface area contributed by atoms with E-state index >= 15 is 0 Å². The monoisotopic (exact) mass is 362 g/mol. The van der Waals surface area contributed by atoms with Gasteiger partial charge >= 0.3 is 5.97 Å². The van der Waals surface area contributed by atoms with Gasteiger partial charge < -0.3 is 10.4 Å². The maximum atomic E-state index is 13.6. The van der Waals surface area contributed by atoms with Crippen LogP contribution in [0.5, 0.6) is 0 Å². The molecule has 0 spiro atoms. The molecule has 0 fully saturated rings. The van der Waals surface area contributed by atoms with Crippen molar-refractivity contribution in [1.29, 1.82) is 0 Å². The number of pyridine rings is 1. The Bertz CT molecular complexity index is 697. The van der Waals surface area contributed by atoms with Crippen molar-refractivity contribution < 1.29 is 18.7 Å². The highest BCUT2D eigenvalue weighted by Crippen LogP contribution is 2.27. The molecule has 1 aromatic heterocycles. The molecule has 2 N–H and O–H groups in total. The van der Waals surface area contributed by atoms with E-state index in [2.05, 4.69) is 26.2 Å². The second kappa shape index (κ2) is 5.72. The minimum Gasteiger partial charge on any atom is -0.478 e. The van der Waals surface area contributed by atoms with Gasteiger partial charge in [-0.25, -0.2) is 18.6 Å². The van der Waals surface area contributed by atoms with E-state index in [1.807, 2.05) is 0 Å². The molecule has 8 heteroatoms. The number of carboxylic acid groups (broad SMARTS) is 1. The smallest absolute Gasteiger partial charge is 0.337 e. The van der Waals surface area contributed by atoms with Gasteiger partial charge in [-0.2, -0.15) is 0 Å². The SMILES string of the molecule is O=C(O)c1cc(Nc2cc(Br)c(F)cc2F)ncc1Cl. The summed E-state index contributed by atoms with van der Waals surface area (Å²) in [5.41, 5.74) is -0.227. The Kier molecular flexibility index (Phi) is 4.20. The van der Waals surface area contributed by atoms with Gasteiger partial charge in [0.05, 0.1) is 20.7 Å². The molecular weight excluding hydrogens is 357 g/mol. The maximum absolute atomic E-state index is 13.6. The van der Waals surface area contributed by atoms with Crippen LogP contribution in [0.1, 0.15) is 10.4 Å². The molecule has 0 aliphatic heterocycles. The van der Waals surface area contributed by atoms with E-state index in [1.54, 1.807) is 0 Å². The van der Waals surface area contributed by atoms with Crippen molar-refractivity contribution in [2.75, 3.05) is 5.32 Å². The molecule has 104 valence electrons. The number of aromatic nitrogens is 1. The molecule has 0 aliphatic rings. The average molecular weight is 364 g/mol. The summed E-state index contributed by atoms with van der Waals surface area (Å²) < 4.78 is 26.7. The van der Waals surface area contributed by atoms with Crippen molar-refractivity contribution in [3.05, 3.63) is 51.1 Å². The molecule has 0 bridgehead atoms. The molecule has 0 amide bonds. The van der Waals surface area contributed by atoms with Gasteiger partial charge in [-0.1, -0.05) is 11.6 Å². The number of hydrogen-bond donors (Lipinski definition) is 2. The zero-order valence-corrected chi connectivity index (χ0v) is 12.0. The van der Waals surface area contributed by atoms with Gasteiger partial charge in [-0.15, -0.1) is 0 Å². The summed E-state index contributed by atoms with van der Waals surface area (Å²) in [6, 6.07) is 3.03. The Hall–Kier alpha value is -1.73. The number of benzene rings is 1. The van der Waals surface area contributed by atoms with Gasteiger partial charge in [0.15, 0.2) is 0 Å². The van der Waals surface area contributed by atoms with Crippen LogP contribution in [0.4, 0.5) is 20.3 Å². The van der Waals surface area contributed by atoms with Crippen LogP contribution in [0.3, 0.4) is 0 Å². The molecule has 1 aromatic carbocycles. The molecule has 0 saturated carbocycles. The highest BCUT2D eigenvalue weighted by molar-refractivity contribution is 9.10. The quantitative estimate of drug-likeness (QED) is 0.802. The third-order valence-electron chi connectivity index (χ3n) is 2.36. The van der Waals surface area contributed by atoms with Gasteiger partial charge in [-0.05, 0) is 28.1 Å². The number of rotatable bonds is 3. The summed E-state index contributed by atoms with van der Waals surface area (Å²) in [6.07, 6.45) is 1.13. The predicted molar refractivity (Wildman–Crippen MR) is 73.5 cm³/mol. The van der Waals surface area contributed by atoms with E-state index < -0.39 is 17.6 Å². The van der Waals surface area contributed by atoms with Crippen molar-refractivity contribution in [3.8, 4) is 0 Å². The first-order chi connectivity index (χ1) is 9.38. The van der Waals surface area contributed by atoms with Gasteiger partial charge in [-0.3, -0.25) is 0 Å². The molecule has 4 nitrogen and oxygen atoms in total. The van der Waals surface area contributed by atoms with Crippen LogP contribution >= 0.6 is 27.5 Å². The van der Waals surface area contributed by atoms with Crippen molar-refractivity contribution in [2.24, 2.45) is 0 Å². The summed E-state index contributed by atoms with van der Waals surface area (Å²) in [7, 11) is 0. The zero-order chi connectivity index (χ0) is 14.9. The number of anilines is 2. The number of aromatic carboxylic acids is 1. The van der Waals surface area contributed by atoms with Gasteiger partial charge in [0.25, 0.3) is 0 Å². The van der Waals surface area contributed by atoms with Crippen molar-refractivity contribution >= 4 is 45.0 Å². The number of nitrogens with zero attached hydrogens (tertiary/aromatic N) is 1. The van der Waals surface area contributed by atoms with Gasteiger partial charge in [0.2, 0.25) is 0 Å². The Morgan fingerprint density at radius 2 is 2.00 bits per heavy atom. The van der Waals surface area contributed by atoms with Crippen LogP contribution < -0.4 is 5.32 Å². The number of hydrogen-bond acceptors (Lipinski definition) is 3. The van der Waals surface area contributed by atoms with E-state index in [-0.39, 0.29) is 26.6 Å². The molecule has 1 heterocycles. The van der Waals surface area contributed by atoms with Crippen LogP contribution in [0.25, 0.3) is 0 Å². The maximum Gasteiger partial charge on any atom is 0.337 e. The lowest BCUT2D eigenvalue weighted by molar-refractivity contribution is 0.0697. The Morgan fingerprint density at radius 1 is 1.30 bits per heavy atom. The minimum absolute atomic E-state index is 0.0381. The molecular formula is C12H6BrClF2N2O2. The minimum atomic E-state index is -1.23. The van der Waals surface area contributed by atoms with Crippen LogP contribution in [0, 0.1) is 11.6 Å². The standard InChI is InChI=1S/C12H6BrClF2N2O2/c13-6-2-10(9(16)3-8(6)15)18-11-1-5(12(19)20)7(14)4-17-11/h1-4H,(H,17,18)(H,19,20). The topological polar surface area (TPSA) is 62.2 Å². The summed E-state index contributed by atoms with van der Waals surface area (Å²) in [6.45, 7) is 0. The van der Waals surface area contributed by atoms with Crippen LogP contribution in [-0.2, 0) is 0 Å². The fraction of sp³-hybridized carbons (Fsp3) is 0. The van der Waals surface area contributed by atoms with E-state index in [1.165, 1.54) is 6.07 Å². The van der Waals surface area contributed by atoms with E-state index in [4.69, 9.17) is 16.7 Å². The van der Waals surface area contributed by atoms with Gasteiger partial charge in [0.1, 0.15) is 17.5 Å². The normalized spacial score (nSPS) is 10.4. The molecule has 0 unspecified atom stereocenters. The van der Waals surface area contributed by atoms with E-state index in [0.29, 0.717) is 6.07 Å². The van der Waals surface area contributed by atoms with Crippen LogP contribution in [-0.4, -0.2) is 16.1 Å². The van der Waals surface area contributed by atoms with Crippen molar-refractivity contribution in [2.45, 2.75) is 0 Å². The number of carbonyl (C=O) groups is 1. The third kappa shape index (κ3) is 3.05. The predicted octanol–water partition coefficient (Wildman–Crippen LogP) is 4.22. The Labute approximate surface area is 125 Å². The lowest BCUT2D eigenvalue weighted by Crippen LogP contribution is -2.02. The number of nitrogens with one attached hydrogen (secondary N) is 1. The van der Waals surface area contributed by atoms with Crippen molar-refractivity contribution in [3.63, 3.8) is 0 Å². The van der Waals surface area contributed by atoms with E-state index in [9.17, 15) is 13.6 Å². The number of carboxylic acids is 1. The van der Waals surface area contributed by atoms with Crippen LogP contribution in [0.2, 0.25) is 5.02 Å². The lowest BCUT2D eigenvalue weighted by atomic mass is 10.2. The molecule has 20 heavy (non-hydrogen) atoms. The average Bonchev–Trinajstić information content (AvgIpc) is 2.37. The highest BCUT2D eigenvalue weighted by atomic mass is 79.9. The molecule has 2 rings (SSSR count). The first kappa shape index (κ1) is 14.7. The second-order valence-electron chi connectivity index (χ2n) is 3.73. The first-order valence-corrected chi connectivity index (χ1v) is 6.36. The Morgan fingerprint density at radius 3 is 2.65 bits per heavy atom. The first-order valence-electron chi connectivity index (χ1n) is 5.19. The number of halogens is 4. The van der Waals surface area contributed by atoms with Gasteiger partial charge in [0, 0.05) is 12.3 Å². The second-order valence-corrected chi connectivity index (χ2v) is 4.99. The molecule has 0 atom stereocenters. The van der Waals surface area contributed by atoms with E-state index in [0.717, 1.165) is 12.3 Å². The zero-order valence-electron chi connectivity index (χ0n) is 9.62. The van der Waals surface area contributed by atoms with Crippen LogP contribution in [0.15, 0.2) is 28.9 Å². The largest absolute Gasteiger partial charge is 0.478 e. The Balaban J connectivity index is 2.38. The molecule has 2 aromatic rings. The third-order valence-corrected chi connectivity index (χ3v) is 3.27. The highest BCUT2D eigenvalue weighted by Gasteiger charge is 2.13. The summed E-state index contributed by atoms with van der Waals surface area (Å²) in [4.78, 5) is 14.7. The van der Waals surface area contributed by atoms with Crippen molar-refractivity contribution in [1.82, 2.24) is 4.98 Å². The summed E-state index contributed by atoms with van der Waals surface area (Å²) in [5, 5.41) is 11.4. The fourth-order valence-electron chi connectivity index (χ4n) is 1.43. The molecule has 0 aliphatic carbocycles.